The Morgan fingerprint density at radius 1 is 1.56 bits per heavy atom. The number of methoxy groups -OCH3 is 1. The van der Waals surface area contributed by atoms with Gasteiger partial charge in [-0.2, -0.15) is 0 Å². The van der Waals surface area contributed by atoms with E-state index < -0.39 is 0 Å². The van der Waals surface area contributed by atoms with Crippen LogP contribution in [0.4, 0.5) is 0 Å². The van der Waals surface area contributed by atoms with Gasteiger partial charge in [-0.05, 0) is 32.4 Å². The van der Waals surface area contributed by atoms with Gasteiger partial charge in [0, 0.05) is 22.2 Å². The summed E-state index contributed by atoms with van der Waals surface area (Å²) in [4.78, 5) is 0. The standard InChI is InChI=1S/C12H16ClNO2/c1-7-9(13)6-8(10-4-3-5-14-10)11(15)12(7)16-2/h6,10,14-15H,3-5H2,1-2H3. The van der Waals surface area contributed by atoms with Gasteiger partial charge in [-0.3, -0.25) is 0 Å². The molecule has 4 heteroatoms. The summed E-state index contributed by atoms with van der Waals surface area (Å²) in [7, 11) is 1.55. The van der Waals surface area contributed by atoms with Gasteiger partial charge in [0.1, 0.15) is 0 Å². The molecule has 1 heterocycles. The van der Waals surface area contributed by atoms with Crippen molar-refractivity contribution in [1.29, 1.82) is 0 Å². The zero-order valence-corrected chi connectivity index (χ0v) is 10.3. The van der Waals surface area contributed by atoms with Crippen LogP contribution in [0.3, 0.4) is 0 Å². The number of ether oxygens (including phenoxy) is 1. The highest BCUT2D eigenvalue weighted by Gasteiger charge is 2.23. The van der Waals surface area contributed by atoms with Crippen LogP contribution in [0.2, 0.25) is 5.02 Å². The topological polar surface area (TPSA) is 41.5 Å². The molecule has 1 aliphatic heterocycles. The molecule has 1 saturated heterocycles. The van der Waals surface area contributed by atoms with Crippen LogP contribution in [0.5, 0.6) is 11.5 Å². The molecule has 0 spiro atoms. The Hall–Kier alpha value is -0.930. The molecule has 16 heavy (non-hydrogen) atoms. The summed E-state index contributed by atoms with van der Waals surface area (Å²) in [5, 5.41) is 14.1. The molecule has 1 aliphatic rings. The van der Waals surface area contributed by atoms with E-state index in [0.29, 0.717) is 10.8 Å². The highest BCUT2D eigenvalue weighted by atomic mass is 35.5. The molecule has 0 radical (unpaired) electrons. The molecule has 0 aliphatic carbocycles. The first-order chi connectivity index (χ1) is 7.65. The van der Waals surface area contributed by atoms with E-state index in [9.17, 15) is 5.11 Å². The van der Waals surface area contributed by atoms with E-state index in [-0.39, 0.29) is 11.8 Å². The van der Waals surface area contributed by atoms with Crippen molar-refractivity contribution in [2.75, 3.05) is 13.7 Å². The first-order valence-electron chi connectivity index (χ1n) is 5.44. The number of phenols is 1. The molecule has 1 unspecified atom stereocenters. The fourth-order valence-corrected chi connectivity index (χ4v) is 2.40. The maximum Gasteiger partial charge on any atom is 0.165 e. The third kappa shape index (κ3) is 1.85. The molecule has 3 nitrogen and oxygen atoms in total. The number of benzene rings is 1. The van der Waals surface area contributed by atoms with Gasteiger partial charge in [-0.15, -0.1) is 0 Å². The first-order valence-corrected chi connectivity index (χ1v) is 5.82. The van der Waals surface area contributed by atoms with Gasteiger partial charge in [0.05, 0.1) is 7.11 Å². The number of halogens is 1. The Bertz CT molecular complexity index is 400. The molecule has 0 bridgehead atoms. The van der Waals surface area contributed by atoms with Crippen LogP contribution in [0.15, 0.2) is 6.07 Å². The normalized spacial score (nSPS) is 20.1. The first kappa shape index (κ1) is 11.6. The van der Waals surface area contributed by atoms with E-state index in [0.717, 1.165) is 30.5 Å². The molecule has 88 valence electrons. The average Bonchev–Trinajstić information content (AvgIpc) is 2.77. The number of aromatic hydroxyl groups is 1. The molecular weight excluding hydrogens is 226 g/mol. The number of hydrogen-bond donors (Lipinski definition) is 2. The second kappa shape index (κ2) is 4.52. The van der Waals surface area contributed by atoms with Crippen LogP contribution in [-0.2, 0) is 0 Å². The van der Waals surface area contributed by atoms with E-state index >= 15 is 0 Å². The molecule has 1 atom stereocenters. The maximum absolute atomic E-state index is 10.1. The number of rotatable bonds is 2. The van der Waals surface area contributed by atoms with Gasteiger partial charge >= 0.3 is 0 Å². The lowest BCUT2D eigenvalue weighted by Gasteiger charge is -2.17. The highest BCUT2D eigenvalue weighted by molar-refractivity contribution is 6.31. The number of hydrogen-bond acceptors (Lipinski definition) is 3. The summed E-state index contributed by atoms with van der Waals surface area (Å²) in [6.45, 7) is 2.82. The van der Waals surface area contributed by atoms with Crippen molar-refractivity contribution >= 4 is 11.6 Å². The Morgan fingerprint density at radius 2 is 2.31 bits per heavy atom. The zero-order chi connectivity index (χ0) is 11.7. The lowest BCUT2D eigenvalue weighted by atomic mass is 10.0. The van der Waals surface area contributed by atoms with Crippen LogP contribution < -0.4 is 10.1 Å². The summed E-state index contributed by atoms with van der Waals surface area (Å²) in [5.74, 6) is 0.694. The minimum Gasteiger partial charge on any atom is -0.504 e. The number of phenolic OH excluding ortho intramolecular Hbond substituents is 1. The molecule has 1 aromatic rings. The fourth-order valence-electron chi connectivity index (χ4n) is 2.20. The molecule has 0 saturated carbocycles. The van der Waals surface area contributed by atoms with Gasteiger partial charge < -0.3 is 15.2 Å². The Balaban J connectivity index is 2.49. The second-order valence-electron chi connectivity index (χ2n) is 4.10. The van der Waals surface area contributed by atoms with Gasteiger partial charge in [0.25, 0.3) is 0 Å². The van der Waals surface area contributed by atoms with Crippen LogP contribution in [0.1, 0.15) is 30.0 Å². The Kier molecular flexibility index (Phi) is 3.26. The maximum atomic E-state index is 10.1. The fraction of sp³-hybridized carbons (Fsp3) is 0.500. The van der Waals surface area contributed by atoms with E-state index in [1.807, 2.05) is 13.0 Å². The predicted octanol–water partition coefficient (Wildman–Crippen LogP) is 2.79. The van der Waals surface area contributed by atoms with Crippen LogP contribution in [-0.4, -0.2) is 18.8 Å². The summed E-state index contributed by atoms with van der Waals surface area (Å²) in [5.41, 5.74) is 1.62. The van der Waals surface area contributed by atoms with Crippen molar-refractivity contribution in [3.8, 4) is 11.5 Å². The summed E-state index contributed by atoms with van der Waals surface area (Å²) < 4.78 is 5.19. The average molecular weight is 242 g/mol. The minimum absolute atomic E-state index is 0.187. The molecule has 1 aromatic carbocycles. The molecule has 1 fully saturated rings. The zero-order valence-electron chi connectivity index (χ0n) is 9.51. The van der Waals surface area contributed by atoms with Crippen LogP contribution in [0.25, 0.3) is 0 Å². The second-order valence-corrected chi connectivity index (χ2v) is 4.51. The van der Waals surface area contributed by atoms with Gasteiger partial charge in [0.2, 0.25) is 0 Å². The summed E-state index contributed by atoms with van der Waals surface area (Å²) >= 11 is 6.13. The van der Waals surface area contributed by atoms with Gasteiger partial charge in [-0.25, -0.2) is 0 Å². The van der Waals surface area contributed by atoms with Crippen molar-refractivity contribution in [1.82, 2.24) is 5.32 Å². The van der Waals surface area contributed by atoms with Crippen LogP contribution >= 0.6 is 11.6 Å². The van der Waals surface area contributed by atoms with E-state index in [4.69, 9.17) is 16.3 Å². The minimum atomic E-state index is 0.187. The van der Waals surface area contributed by atoms with Crippen molar-refractivity contribution in [3.63, 3.8) is 0 Å². The quantitative estimate of drug-likeness (QED) is 0.837. The Morgan fingerprint density at radius 3 is 2.88 bits per heavy atom. The van der Waals surface area contributed by atoms with E-state index in [1.54, 1.807) is 7.11 Å². The van der Waals surface area contributed by atoms with Gasteiger partial charge in [0.15, 0.2) is 11.5 Å². The summed E-state index contributed by atoms with van der Waals surface area (Å²) in [6, 6.07) is 2.02. The largest absolute Gasteiger partial charge is 0.504 e. The highest BCUT2D eigenvalue weighted by Crippen LogP contribution is 2.42. The third-order valence-corrected chi connectivity index (χ3v) is 3.50. The van der Waals surface area contributed by atoms with Gasteiger partial charge in [-0.1, -0.05) is 11.6 Å². The number of nitrogens with one attached hydrogen (secondary N) is 1. The predicted molar refractivity (Wildman–Crippen MR) is 64.4 cm³/mol. The molecule has 0 amide bonds. The van der Waals surface area contributed by atoms with Crippen molar-refractivity contribution in [2.24, 2.45) is 0 Å². The molecular formula is C12H16ClNO2. The molecule has 0 aromatic heterocycles. The van der Waals surface area contributed by atoms with Crippen molar-refractivity contribution in [3.05, 3.63) is 22.2 Å². The van der Waals surface area contributed by atoms with Crippen molar-refractivity contribution < 1.29 is 9.84 Å². The monoisotopic (exact) mass is 241 g/mol. The molecule has 2 N–H and O–H groups in total. The lowest BCUT2D eigenvalue weighted by Crippen LogP contribution is -2.13. The van der Waals surface area contributed by atoms with Crippen LogP contribution in [0, 0.1) is 6.92 Å². The van der Waals surface area contributed by atoms with Crippen molar-refractivity contribution in [2.45, 2.75) is 25.8 Å². The Labute approximate surface area is 100 Å². The summed E-state index contributed by atoms with van der Waals surface area (Å²) in [6.07, 6.45) is 2.15. The SMILES string of the molecule is COc1c(C)c(Cl)cc(C2CCCN2)c1O. The lowest BCUT2D eigenvalue weighted by molar-refractivity contribution is 0.365. The van der Waals surface area contributed by atoms with E-state index in [1.165, 1.54) is 0 Å². The van der Waals surface area contributed by atoms with E-state index in [2.05, 4.69) is 5.32 Å². The third-order valence-electron chi connectivity index (χ3n) is 3.11. The smallest absolute Gasteiger partial charge is 0.165 e. The molecule has 2 rings (SSSR count).